The van der Waals surface area contributed by atoms with Crippen molar-refractivity contribution in [3.8, 4) is 6.07 Å². The van der Waals surface area contributed by atoms with Crippen LogP contribution in [0.4, 0.5) is 5.69 Å². The van der Waals surface area contributed by atoms with Crippen molar-refractivity contribution in [2.24, 2.45) is 11.8 Å². The van der Waals surface area contributed by atoms with Gasteiger partial charge in [-0.05, 0) is 49.3 Å². The van der Waals surface area contributed by atoms with Crippen LogP contribution in [-0.2, 0) is 0 Å². The molecular formula is C16H22N2. The molecule has 1 aromatic rings. The summed E-state index contributed by atoms with van der Waals surface area (Å²) in [6.07, 6.45) is 2.49. The number of piperidine rings is 1. The van der Waals surface area contributed by atoms with Gasteiger partial charge in [0.2, 0.25) is 0 Å². The number of hydrogen-bond donors (Lipinski definition) is 0. The van der Waals surface area contributed by atoms with E-state index in [1.807, 2.05) is 12.1 Å². The molecule has 2 nitrogen and oxygen atoms in total. The quantitative estimate of drug-likeness (QED) is 0.790. The summed E-state index contributed by atoms with van der Waals surface area (Å²) in [5.41, 5.74) is 3.17. The van der Waals surface area contributed by atoms with Crippen LogP contribution in [0.5, 0.6) is 0 Å². The highest BCUT2D eigenvalue weighted by molar-refractivity contribution is 5.60. The molecule has 2 rings (SSSR count). The lowest BCUT2D eigenvalue weighted by molar-refractivity contribution is 0.311. The topological polar surface area (TPSA) is 27.0 Å². The average molecular weight is 242 g/mol. The molecule has 0 radical (unpaired) electrons. The van der Waals surface area contributed by atoms with E-state index in [-0.39, 0.29) is 0 Å². The predicted octanol–water partition coefficient (Wildman–Crippen LogP) is 3.74. The molecule has 1 aromatic carbocycles. The van der Waals surface area contributed by atoms with Crippen molar-refractivity contribution < 1.29 is 0 Å². The SMILES string of the molecule is Cc1ccc(C#N)c(N2CCC(C(C)C)CC2)c1. The van der Waals surface area contributed by atoms with E-state index in [2.05, 4.69) is 37.8 Å². The van der Waals surface area contributed by atoms with Crippen LogP contribution in [0.3, 0.4) is 0 Å². The Bertz CT molecular complexity index is 449. The molecule has 0 atom stereocenters. The highest BCUT2D eigenvalue weighted by atomic mass is 15.1. The summed E-state index contributed by atoms with van der Waals surface area (Å²) >= 11 is 0. The van der Waals surface area contributed by atoms with Gasteiger partial charge in [-0.2, -0.15) is 5.26 Å². The van der Waals surface area contributed by atoms with Gasteiger partial charge in [-0.3, -0.25) is 0 Å². The molecule has 1 aliphatic rings. The second-order valence-corrected chi connectivity index (χ2v) is 5.70. The smallest absolute Gasteiger partial charge is 0.101 e. The van der Waals surface area contributed by atoms with E-state index in [0.717, 1.165) is 36.2 Å². The van der Waals surface area contributed by atoms with Gasteiger partial charge in [0.1, 0.15) is 6.07 Å². The van der Waals surface area contributed by atoms with Gasteiger partial charge >= 0.3 is 0 Å². The van der Waals surface area contributed by atoms with Crippen LogP contribution in [0.25, 0.3) is 0 Å². The van der Waals surface area contributed by atoms with E-state index >= 15 is 0 Å². The first-order valence-corrected chi connectivity index (χ1v) is 6.87. The Balaban J connectivity index is 2.14. The average Bonchev–Trinajstić information content (AvgIpc) is 2.39. The van der Waals surface area contributed by atoms with Crippen LogP contribution >= 0.6 is 0 Å². The maximum Gasteiger partial charge on any atom is 0.101 e. The van der Waals surface area contributed by atoms with Gasteiger partial charge in [-0.15, -0.1) is 0 Å². The monoisotopic (exact) mass is 242 g/mol. The van der Waals surface area contributed by atoms with Crippen molar-refractivity contribution in [1.82, 2.24) is 0 Å². The first-order chi connectivity index (χ1) is 8.61. The Morgan fingerprint density at radius 3 is 2.50 bits per heavy atom. The van der Waals surface area contributed by atoms with E-state index in [1.165, 1.54) is 18.4 Å². The Morgan fingerprint density at radius 2 is 1.94 bits per heavy atom. The van der Waals surface area contributed by atoms with E-state index in [1.54, 1.807) is 0 Å². The molecule has 0 unspecified atom stereocenters. The molecule has 1 heterocycles. The van der Waals surface area contributed by atoms with Crippen LogP contribution in [-0.4, -0.2) is 13.1 Å². The van der Waals surface area contributed by atoms with Gasteiger partial charge in [-0.25, -0.2) is 0 Å². The second kappa shape index (κ2) is 5.44. The molecule has 18 heavy (non-hydrogen) atoms. The maximum atomic E-state index is 9.20. The Morgan fingerprint density at radius 1 is 1.28 bits per heavy atom. The number of nitriles is 1. The normalized spacial score (nSPS) is 16.9. The van der Waals surface area contributed by atoms with E-state index in [0.29, 0.717) is 0 Å². The standard InChI is InChI=1S/C16H22N2/c1-12(2)14-6-8-18(9-7-14)16-10-13(3)4-5-15(16)11-17/h4-5,10,12,14H,6-9H2,1-3H3. The first-order valence-electron chi connectivity index (χ1n) is 6.87. The van der Waals surface area contributed by atoms with Crippen molar-refractivity contribution in [2.75, 3.05) is 18.0 Å². The minimum absolute atomic E-state index is 0.778. The Kier molecular flexibility index (Phi) is 3.91. The van der Waals surface area contributed by atoms with Crippen molar-refractivity contribution in [3.63, 3.8) is 0 Å². The molecule has 2 heteroatoms. The van der Waals surface area contributed by atoms with Crippen LogP contribution in [0.1, 0.15) is 37.8 Å². The number of hydrogen-bond acceptors (Lipinski definition) is 2. The molecule has 96 valence electrons. The van der Waals surface area contributed by atoms with E-state index in [4.69, 9.17) is 0 Å². The summed E-state index contributed by atoms with van der Waals surface area (Å²) in [5.74, 6) is 1.62. The number of rotatable bonds is 2. The molecule has 0 saturated carbocycles. The van der Waals surface area contributed by atoms with Gasteiger partial charge in [0.05, 0.1) is 11.3 Å². The van der Waals surface area contributed by atoms with Crippen molar-refractivity contribution >= 4 is 5.69 Å². The van der Waals surface area contributed by atoms with Gasteiger partial charge in [0.25, 0.3) is 0 Å². The lowest BCUT2D eigenvalue weighted by Crippen LogP contribution is -2.35. The lowest BCUT2D eigenvalue weighted by atomic mass is 9.86. The summed E-state index contributed by atoms with van der Waals surface area (Å²) in [6, 6.07) is 8.42. The Labute approximate surface area is 110 Å². The van der Waals surface area contributed by atoms with Crippen LogP contribution in [0.2, 0.25) is 0 Å². The summed E-state index contributed by atoms with van der Waals surface area (Å²) in [6.45, 7) is 8.88. The van der Waals surface area contributed by atoms with E-state index < -0.39 is 0 Å². The molecule has 1 saturated heterocycles. The predicted molar refractivity (Wildman–Crippen MR) is 75.7 cm³/mol. The first kappa shape index (κ1) is 13.0. The summed E-state index contributed by atoms with van der Waals surface area (Å²) in [5, 5.41) is 9.20. The van der Waals surface area contributed by atoms with Gasteiger partial charge < -0.3 is 4.90 Å². The molecule has 1 fully saturated rings. The third-order valence-corrected chi connectivity index (χ3v) is 4.10. The fourth-order valence-electron chi connectivity index (χ4n) is 2.80. The third-order valence-electron chi connectivity index (χ3n) is 4.10. The molecule has 1 aliphatic heterocycles. The number of benzene rings is 1. The van der Waals surface area contributed by atoms with Crippen LogP contribution in [0.15, 0.2) is 18.2 Å². The third kappa shape index (κ3) is 2.67. The van der Waals surface area contributed by atoms with Crippen molar-refractivity contribution in [3.05, 3.63) is 29.3 Å². The highest BCUT2D eigenvalue weighted by Crippen LogP contribution is 2.30. The minimum Gasteiger partial charge on any atom is -0.370 e. The van der Waals surface area contributed by atoms with Crippen LogP contribution < -0.4 is 4.90 Å². The zero-order valence-corrected chi connectivity index (χ0v) is 11.6. The molecule has 0 spiro atoms. The second-order valence-electron chi connectivity index (χ2n) is 5.70. The molecular weight excluding hydrogens is 220 g/mol. The van der Waals surface area contributed by atoms with Gasteiger partial charge in [-0.1, -0.05) is 19.9 Å². The highest BCUT2D eigenvalue weighted by Gasteiger charge is 2.22. The van der Waals surface area contributed by atoms with Gasteiger partial charge in [0, 0.05) is 13.1 Å². The number of anilines is 1. The Hall–Kier alpha value is -1.49. The van der Waals surface area contributed by atoms with Crippen molar-refractivity contribution in [2.45, 2.75) is 33.6 Å². The van der Waals surface area contributed by atoms with Gasteiger partial charge in [0.15, 0.2) is 0 Å². The summed E-state index contributed by atoms with van der Waals surface area (Å²) in [7, 11) is 0. The zero-order valence-electron chi connectivity index (χ0n) is 11.6. The lowest BCUT2D eigenvalue weighted by Gasteiger charge is -2.35. The molecule has 0 N–H and O–H groups in total. The number of nitrogens with zero attached hydrogens (tertiary/aromatic N) is 2. The zero-order chi connectivity index (χ0) is 13.1. The molecule has 0 amide bonds. The number of aryl methyl sites for hydroxylation is 1. The summed E-state index contributed by atoms with van der Waals surface area (Å²) < 4.78 is 0. The summed E-state index contributed by atoms with van der Waals surface area (Å²) in [4.78, 5) is 2.38. The van der Waals surface area contributed by atoms with Crippen molar-refractivity contribution in [1.29, 1.82) is 5.26 Å². The van der Waals surface area contributed by atoms with Crippen LogP contribution in [0, 0.1) is 30.1 Å². The minimum atomic E-state index is 0.778. The maximum absolute atomic E-state index is 9.20. The fraction of sp³-hybridized carbons (Fsp3) is 0.562. The molecule has 0 aliphatic carbocycles. The van der Waals surface area contributed by atoms with E-state index in [9.17, 15) is 5.26 Å². The molecule has 0 aromatic heterocycles. The molecule has 0 bridgehead atoms. The fourth-order valence-corrected chi connectivity index (χ4v) is 2.80. The largest absolute Gasteiger partial charge is 0.370 e.